The first-order valence-electron chi connectivity index (χ1n) is 5.89. The van der Waals surface area contributed by atoms with Crippen molar-refractivity contribution in [3.05, 3.63) is 40.4 Å². The zero-order valence-corrected chi connectivity index (χ0v) is 10.3. The first-order valence-corrected chi connectivity index (χ1v) is 5.89. The van der Waals surface area contributed by atoms with Gasteiger partial charge in [0.15, 0.2) is 0 Å². The Balaban J connectivity index is 2.12. The third kappa shape index (κ3) is 3.19. The quantitative estimate of drug-likeness (QED) is 0.786. The second kappa shape index (κ2) is 5.83. The molecule has 0 fully saturated rings. The maximum absolute atomic E-state index is 11.8. The first-order chi connectivity index (χ1) is 9.20. The number of fused-ring (bicyclic) bond motifs is 1. The van der Waals surface area contributed by atoms with E-state index in [9.17, 15) is 9.59 Å². The molecule has 0 unspecified atom stereocenters. The molecule has 0 saturated carbocycles. The third-order valence-electron chi connectivity index (χ3n) is 2.64. The standard InChI is InChI=1S/C14H13N3O2/c1-2-9-15-13(18)8-7-12-16-11-6-4-3-5-10(11)14(19)17-12/h1,3-6H,7-9H2,(H,15,18)(H,16,17,19). The average Bonchev–Trinajstić information content (AvgIpc) is 2.43. The van der Waals surface area contributed by atoms with Crippen LogP contribution in [0.5, 0.6) is 0 Å². The van der Waals surface area contributed by atoms with Gasteiger partial charge in [0.2, 0.25) is 5.91 Å². The maximum Gasteiger partial charge on any atom is 0.258 e. The maximum atomic E-state index is 11.8. The summed E-state index contributed by atoms with van der Waals surface area (Å²) in [4.78, 5) is 30.2. The topological polar surface area (TPSA) is 74.8 Å². The zero-order valence-electron chi connectivity index (χ0n) is 10.3. The number of aryl methyl sites for hydroxylation is 1. The van der Waals surface area contributed by atoms with Crippen molar-refractivity contribution in [2.75, 3.05) is 6.54 Å². The van der Waals surface area contributed by atoms with Gasteiger partial charge in [-0.05, 0) is 12.1 Å². The van der Waals surface area contributed by atoms with Crippen molar-refractivity contribution >= 4 is 16.8 Å². The van der Waals surface area contributed by atoms with Gasteiger partial charge in [0.05, 0.1) is 17.4 Å². The number of benzene rings is 1. The Morgan fingerprint density at radius 2 is 2.21 bits per heavy atom. The van der Waals surface area contributed by atoms with Gasteiger partial charge in [-0.1, -0.05) is 18.1 Å². The predicted octanol–water partition coefficient (Wildman–Crippen LogP) is 0.605. The molecule has 96 valence electrons. The molecule has 0 bridgehead atoms. The number of para-hydroxylation sites is 1. The van der Waals surface area contributed by atoms with E-state index in [-0.39, 0.29) is 24.4 Å². The molecule has 5 heteroatoms. The predicted molar refractivity (Wildman–Crippen MR) is 72.5 cm³/mol. The van der Waals surface area contributed by atoms with Crippen molar-refractivity contribution in [3.8, 4) is 12.3 Å². The van der Waals surface area contributed by atoms with Crippen molar-refractivity contribution in [1.29, 1.82) is 0 Å². The minimum absolute atomic E-state index is 0.159. The minimum atomic E-state index is -0.190. The lowest BCUT2D eigenvalue weighted by molar-refractivity contribution is -0.120. The Kier molecular flexibility index (Phi) is 3.94. The molecule has 5 nitrogen and oxygen atoms in total. The van der Waals surface area contributed by atoms with Crippen LogP contribution in [0, 0.1) is 12.3 Å². The fourth-order valence-corrected chi connectivity index (χ4v) is 1.72. The first kappa shape index (κ1) is 12.8. The van der Waals surface area contributed by atoms with Gasteiger partial charge < -0.3 is 10.3 Å². The van der Waals surface area contributed by atoms with E-state index < -0.39 is 0 Å². The summed E-state index contributed by atoms with van der Waals surface area (Å²) < 4.78 is 0. The van der Waals surface area contributed by atoms with Crippen LogP contribution < -0.4 is 10.9 Å². The molecular weight excluding hydrogens is 242 g/mol. The molecular formula is C14H13N3O2. The number of hydrogen-bond donors (Lipinski definition) is 2. The zero-order chi connectivity index (χ0) is 13.7. The summed E-state index contributed by atoms with van der Waals surface area (Å²) in [5.41, 5.74) is 0.440. The highest BCUT2D eigenvalue weighted by Crippen LogP contribution is 2.06. The van der Waals surface area contributed by atoms with E-state index >= 15 is 0 Å². The van der Waals surface area contributed by atoms with Gasteiger partial charge in [0, 0.05) is 12.8 Å². The summed E-state index contributed by atoms with van der Waals surface area (Å²) in [5.74, 6) is 2.67. The van der Waals surface area contributed by atoms with E-state index in [2.05, 4.69) is 21.2 Å². The number of nitrogens with zero attached hydrogens (tertiary/aromatic N) is 1. The van der Waals surface area contributed by atoms with Crippen LogP contribution in [0.25, 0.3) is 10.9 Å². The average molecular weight is 255 g/mol. The summed E-state index contributed by atoms with van der Waals surface area (Å²) in [6, 6.07) is 7.08. The van der Waals surface area contributed by atoms with Crippen LogP contribution in [0.2, 0.25) is 0 Å². The summed E-state index contributed by atoms with van der Waals surface area (Å²) in [5, 5.41) is 3.10. The van der Waals surface area contributed by atoms with Gasteiger partial charge >= 0.3 is 0 Å². The Morgan fingerprint density at radius 3 is 3.00 bits per heavy atom. The molecule has 2 aromatic rings. The van der Waals surface area contributed by atoms with Crippen LogP contribution in [-0.2, 0) is 11.2 Å². The second-order valence-corrected chi connectivity index (χ2v) is 4.01. The molecule has 2 N–H and O–H groups in total. The SMILES string of the molecule is C#CCNC(=O)CCc1nc2ccccc2c(=O)[nH]1. The summed E-state index contributed by atoms with van der Waals surface area (Å²) in [6.45, 7) is 0.209. The molecule has 2 rings (SSSR count). The Labute approximate surface area is 110 Å². The molecule has 19 heavy (non-hydrogen) atoms. The molecule has 1 aromatic carbocycles. The molecule has 1 aromatic heterocycles. The molecule has 0 aliphatic rings. The second-order valence-electron chi connectivity index (χ2n) is 4.01. The van der Waals surface area contributed by atoms with Gasteiger partial charge in [-0.15, -0.1) is 6.42 Å². The molecule has 0 radical (unpaired) electrons. The highest BCUT2D eigenvalue weighted by molar-refractivity contribution is 5.78. The Morgan fingerprint density at radius 1 is 1.42 bits per heavy atom. The Hall–Kier alpha value is -2.61. The number of aromatic amines is 1. The van der Waals surface area contributed by atoms with Crippen molar-refractivity contribution in [2.24, 2.45) is 0 Å². The van der Waals surface area contributed by atoms with Crippen LogP contribution in [-0.4, -0.2) is 22.4 Å². The fourth-order valence-electron chi connectivity index (χ4n) is 1.72. The van der Waals surface area contributed by atoms with Crippen molar-refractivity contribution < 1.29 is 4.79 Å². The van der Waals surface area contributed by atoms with E-state index in [4.69, 9.17) is 6.42 Å². The number of amides is 1. The summed E-state index contributed by atoms with van der Waals surface area (Å²) in [6.07, 6.45) is 5.65. The van der Waals surface area contributed by atoms with E-state index in [0.717, 1.165) is 0 Å². The van der Waals surface area contributed by atoms with Crippen LogP contribution in [0.15, 0.2) is 29.1 Å². The normalized spacial score (nSPS) is 10.1. The van der Waals surface area contributed by atoms with Crippen LogP contribution in [0.4, 0.5) is 0 Å². The largest absolute Gasteiger partial charge is 0.345 e. The highest BCUT2D eigenvalue weighted by Gasteiger charge is 2.05. The smallest absolute Gasteiger partial charge is 0.258 e. The van der Waals surface area contributed by atoms with Crippen molar-refractivity contribution in [1.82, 2.24) is 15.3 Å². The number of H-pyrrole nitrogens is 1. The van der Waals surface area contributed by atoms with E-state index in [0.29, 0.717) is 23.1 Å². The van der Waals surface area contributed by atoms with Crippen molar-refractivity contribution in [3.63, 3.8) is 0 Å². The molecule has 0 spiro atoms. The number of hydrogen-bond acceptors (Lipinski definition) is 3. The number of aromatic nitrogens is 2. The molecule has 0 atom stereocenters. The van der Waals surface area contributed by atoms with Crippen LogP contribution >= 0.6 is 0 Å². The van der Waals surface area contributed by atoms with Gasteiger partial charge in [-0.25, -0.2) is 4.98 Å². The van der Waals surface area contributed by atoms with Gasteiger partial charge in [-0.3, -0.25) is 9.59 Å². The lowest BCUT2D eigenvalue weighted by Crippen LogP contribution is -2.24. The molecule has 1 heterocycles. The molecule has 0 saturated heterocycles. The van der Waals surface area contributed by atoms with Crippen LogP contribution in [0.1, 0.15) is 12.2 Å². The van der Waals surface area contributed by atoms with Gasteiger partial charge in [0.1, 0.15) is 5.82 Å². The minimum Gasteiger partial charge on any atom is -0.345 e. The van der Waals surface area contributed by atoms with Crippen LogP contribution in [0.3, 0.4) is 0 Å². The van der Waals surface area contributed by atoms with Gasteiger partial charge in [0.25, 0.3) is 5.56 Å². The van der Waals surface area contributed by atoms with E-state index in [1.165, 1.54) is 0 Å². The lowest BCUT2D eigenvalue weighted by atomic mass is 10.2. The summed E-state index contributed by atoms with van der Waals surface area (Å²) in [7, 11) is 0. The number of terminal acetylenes is 1. The third-order valence-corrected chi connectivity index (χ3v) is 2.64. The number of carbonyl (C=O) groups is 1. The molecule has 1 amide bonds. The highest BCUT2D eigenvalue weighted by atomic mass is 16.1. The monoisotopic (exact) mass is 255 g/mol. The van der Waals surface area contributed by atoms with E-state index in [1.807, 2.05) is 6.07 Å². The Bertz CT molecular complexity index is 698. The summed E-state index contributed by atoms with van der Waals surface area (Å²) >= 11 is 0. The molecule has 0 aliphatic carbocycles. The number of rotatable bonds is 4. The number of nitrogens with one attached hydrogen (secondary N) is 2. The fraction of sp³-hybridized carbons (Fsp3) is 0.214. The van der Waals surface area contributed by atoms with Gasteiger partial charge in [-0.2, -0.15) is 0 Å². The number of carbonyl (C=O) groups excluding carboxylic acids is 1. The molecule has 0 aliphatic heterocycles. The lowest BCUT2D eigenvalue weighted by Gasteiger charge is -2.03. The van der Waals surface area contributed by atoms with E-state index in [1.54, 1.807) is 18.2 Å². The van der Waals surface area contributed by atoms with Crippen molar-refractivity contribution in [2.45, 2.75) is 12.8 Å².